The highest BCUT2D eigenvalue weighted by molar-refractivity contribution is 6.10. The van der Waals surface area contributed by atoms with Crippen LogP contribution in [0.2, 0.25) is 0 Å². The fraction of sp³-hybridized carbons (Fsp3) is 0.190. The highest BCUT2D eigenvalue weighted by atomic mass is 16.5. The quantitative estimate of drug-likeness (QED) is 0.526. The Hall–Kier alpha value is -4.01. The molecule has 0 saturated heterocycles. The Morgan fingerprint density at radius 2 is 1.93 bits per heavy atom. The number of benzene rings is 1. The van der Waals surface area contributed by atoms with Crippen LogP contribution < -0.4 is 11.1 Å². The van der Waals surface area contributed by atoms with E-state index < -0.39 is 11.8 Å². The lowest BCUT2D eigenvalue weighted by Gasteiger charge is -2.09. The van der Waals surface area contributed by atoms with Crippen LogP contribution in [0.3, 0.4) is 0 Å². The van der Waals surface area contributed by atoms with Crippen molar-refractivity contribution in [2.45, 2.75) is 27.3 Å². The van der Waals surface area contributed by atoms with Gasteiger partial charge in [0.1, 0.15) is 17.1 Å². The first-order chi connectivity index (χ1) is 14.3. The Balaban J connectivity index is 1.65. The number of pyridine rings is 1. The van der Waals surface area contributed by atoms with Gasteiger partial charge in [0.25, 0.3) is 5.91 Å². The largest absolute Gasteiger partial charge is 0.366 e. The summed E-state index contributed by atoms with van der Waals surface area (Å²) in [5, 5.41) is 11.9. The standard InChI is InChI=1S/C21H20N6O3/c1-11-8-14(26-30-11)10-27-13(3)19(12(2)25-27)24-21(29)18-9-16(20(22)28)15-6-4-5-7-17(15)23-18/h4-9H,10H2,1-3H3,(H2,22,28)(H,24,29). The van der Waals surface area contributed by atoms with Crippen molar-refractivity contribution < 1.29 is 14.1 Å². The summed E-state index contributed by atoms with van der Waals surface area (Å²) in [5.74, 6) is -0.357. The maximum atomic E-state index is 12.9. The van der Waals surface area contributed by atoms with Gasteiger partial charge in [-0.25, -0.2) is 4.98 Å². The number of aryl methyl sites for hydroxylation is 2. The van der Waals surface area contributed by atoms with Crippen molar-refractivity contribution in [3.63, 3.8) is 0 Å². The number of aromatic nitrogens is 4. The lowest BCUT2D eigenvalue weighted by atomic mass is 10.1. The molecule has 4 aromatic rings. The lowest BCUT2D eigenvalue weighted by molar-refractivity contribution is 0.100. The average Bonchev–Trinajstić information content (AvgIpc) is 3.24. The molecule has 0 unspecified atom stereocenters. The van der Waals surface area contributed by atoms with Crippen LogP contribution in [-0.4, -0.2) is 31.7 Å². The van der Waals surface area contributed by atoms with Crippen molar-refractivity contribution in [2.75, 3.05) is 5.32 Å². The van der Waals surface area contributed by atoms with E-state index in [0.29, 0.717) is 34.6 Å². The first-order valence-electron chi connectivity index (χ1n) is 9.30. The molecule has 0 spiro atoms. The van der Waals surface area contributed by atoms with Crippen LogP contribution in [0.4, 0.5) is 5.69 Å². The number of fused-ring (bicyclic) bond motifs is 1. The van der Waals surface area contributed by atoms with Gasteiger partial charge in [-0.15, -0.1) is 0 Å². The number of hydrogen-bond acceptors (Lipinski definition) is 6. The van der Waals surface area contributed by atoms with Crippen LogP contribution in [0.5, 0.6) is 0 Å². The molecule has 0 aliphatic heterocycles. The summed E-state index contributed by atoms with van der Waals surface area (Å²) < 4.78 is 6.84. The van der Waals surface area contributed by atoms with Crippen LogP contribution in [0.15, 0.2) is 40.9 Å². The Labute approximate surface area is 171 Å². The molecule has 0 radical (unpaired) electrons. The van der Waals surface area contributed by atoms with Crippen molar-refractivity contribution in [2.24, 2.45) is 5.73 Å². The van der Waals surface area contributed by atoms with Gasteiger partial charge in [-0.2, -0.15) is 5.10 Å². The van der Waals surface area contributed by atoms with Crippen molar-refractivity contribution >= 4 is 28.4 Å². The monoisotopic (exact) mass is 404 g/mol. The molecule has 0 bridgehead atoms. The maximum absolute atomic E-state index is 12.9. The molecule has 3 aromatic heterocycles. The second-order valence-electron chi connectivity index (χ2n) is 7.02. The molecule has 2 amide bonds. The van der Waals surface area contributed by atoms with E-state index in [-0.39, 0.29) is 11.3 Å². The normalized spacial score (nSPS) is 11.0. The number of nitrogens with one attached hydrogen (secondary N) is 1. The smallest absolute Gasteiger partial charge is 0.274 e. The summed E-state index contributed by atoms with van der Waals surface area (Å²) in [5.41, 5.74) is 9.09. The number of rotatable bonds is 5. The van der Waals surface area contributed by atoms with E-state index >= 15 is 0 Å². The van der Waals surface area contributed by atoms with Crippen LogP contribution >= 0.6 is 0 Å². The molecule has 3 heterocycles. The molecule has 0 saturated carbocycles. The molecule has 0 fully saturated rings. The minimum absolute atomic E-state index is 0.0983. The van der Waals surface area contributed by atoms with E-state index in [9.17, 15) is 9.59 Å². The molecule has 9 heteroatoms. The number of nitrogens with two attached hydrogens (primary N) is 1. The third kappa shape index (κ3) is 3.52. The van der Waals surface area contributed by atoms with Crippen molar-refractivity contribution in [1.82, 2.24) is 19.9 Å². The number of nitrogens with zero attached hydrogens (tertiary/aromatic N) is 4. The first kappa shape index (κ1) is 19.3. The zero-order chi connectivity index (χ0) is 21.4. The fourth-order valence-electron chi connectivity index (χ4n) is 3.35. The van der Waals surface area contributed by atoms with Gasteiger partial charge in [-0.3, -0.25) is 14.3 Å². The zero-order valence-corrected chi connectivity index (χ0v) is 16.8. The number of carbonyl (C=O) groups excluding carboxylic acids is 2. The number of hydrogen-bond donors (Lipinski definition) is 2. The van der Waals surface area contributed by atoms with Gasteiger partial charge in [-0.05, 0) is 32.9 Å². The predicted molar refractivity (Wildman–Crippen MR) is 110 cm³/mol. The molecule has 30 heavy (non-hydrogen) atoms. The number of para-hydroxylation sites is 1. The van der Waals surface area contributed by atoms with Crippen molar-refractivity contribution in [3.8, 4) is 0 Å². The van der Waals surface area contributed by atoms with Gasteiger partial charge in [0.2, 0.25) is 5.91 Å². The molecular formula is C21H20N6O3. The number of carbonyl (C=O) groups is 2. The number of amides is 2. The van der Waals surface area contributed by atoms with Gasteiger partial charge in [0.05, 0.1) is 34.7 Å². The van der Waals surface area contributed by atoms with Crippen LogP contribution in [0.25, 0.3) is 10.9 Å². The Morgan fingerprint density at radius 1 is 1.17 bits per heavy atom. The highest BCUT2D eigenvalue weighted by Gasteiger charge is 2.19. The molecule has 4 rings (SSSR count). The molecule has 9 nitrogen and oxygen atoms in total. The summed E-state index contributed by atoms with van der Waals surface area (Å²) >= 11 is 0. The van der Waals surface area contributed by atoms with E-state index in [1.165, 1.54) is 6.07 Å². The fourth-order valence-corrected chi connectivity index (χ4v) is 3.35. The second kappa shape index (κ2) is 7.43. The number of anilines is 1. The van der Waals surface area contributed by atoms with Crippen LogP contribution in [0.1, 0.15) is 43.7 Å². The van der Waals surface area contributed by atoms with Gasteiger partial charge >= 0.3 is 0 Å². The molecule has 0 aliphatic rings. The SMILES string of the molecule is Cc1cc(Cn2nc(C)c(NC(=O)c3cc(C(N)=O)c4ccccc4n3)c2C)no1. The molecule has 0 atom stereocenters. The van der Waals surface area contributed by atoms with E-state index in [0.717, 1.165) is 11.4 Å². The highest BCUT2D eigenvalue weighted by Crippen LogP contribution is 2.23. The summed E-state index contributed by atoms with van der Waals surface area (Å²) in [6.45, 7) is 5.89. The average molecular weight is 404 g/mol. The van der Waals surface area contributed by atoms with E-state index in [1.54, 1.807) is 35.9 Å². The third-order valence-corrected chi connectivity index (χ3v) is 4.82. The van der Waals surface area contributed by atoms with Gasteiger partial charge < -0.3 is 15.6 Å². The molecule has 3 N–H and O–H groups in total. The van der Waals surface area contributed by atoms with Gasteiger partial charge in [0, 0.05) is 11.5 Å². The minimum atomic E-state index is -0.620. The third-order valence-electron chi connectivity index (χ3n) is 4.82. The van der Waals surface area contributed by atoms with Crippen LogP contribution in [0, 0.1) is 20.8 Å². The Morgan fingerprint density at radius 3 is 2.63 bits per heavy atom. The van der Waals surface area contributed by atoms with Gasteiger partial charge in [-0.1, -0.05) is 23.4 Å². The summed E-state index contributed by atoms with van der Waals surface area (Å²) in [7, 11) is 0. The van der Waals surface area contributed by atoms with E-state index in [4.69, 9.17) is 10.3 Å². The van der Waals surface area contributed by atoms with Crippen LogP contribution in [-0.2, 0) is 6.54 Å². The number of primary amides is 1. The summed E-state index contributed by atoms with van der Waals surface area (Å²) in [6.07, 6.45) is 0. The molecular weight excluding hydrogens is 384 g/mol. The minimum Gasteiger partial charge on any atom is -0.366 e. The van der Waals surface area contributed by atoms with E-state index in [2.05, 4.69) is 20.6 Å². The van der Waals surface area contributed by atoms with Gasteiger partial charge in [0.15, 0.2) is 0 Å². The Kier molecular flexibility index (Phi) is 4.78. The first-order valence-corrected chi connectivity index (χ1v) is 9.30. The van der Waals surface area contributed by atoms with Crippen molar-refractivity contribution in [3.05, 3.63) is 70.5 Å². The topological polar surface area (TPSA) is 129 Å². The van der Waals surface area contributed by atoms with Crippen molar-refractivity contribution in [1.29, 1.82) is 0 Å². The second-order valence-corrected chi connectivity index (χ2v) is 7.02. The Bertz CT molecular complexity index is 1290. The molecule has 1 aromatic carbocycles. The molecule has 152 valence electrons. The summed E-state index contributed by atoms with van der Waals surface area (Å²) in [6, 6.07) is 10.3. The summed E-state index contributed by atoms with van der Waals surface area (Å²) in [4.78, 5) is 29.2. The predicted octanol–water partition coefficient (Wildman–Crippen LogP) is 2.74. The maximum Gasteiger partial charge on any atom is 0.274 e. The lowest BCUT2D eigenvalue weighted by Crippen LogP contribution is -2.18. The molecule has 0 aliphatic carbocycles. The van der Waals surface area contributed by atoms with E-state index in [1.807, 2.05) is 19.9 Å². The zero-order valence-electron chi connectivity index (χ0n) is 16.8.